The predicted molar refractivity (Wildman–Crippen MR) is 80.8 cm³/mol. The van der Waals surface area contributed by atoms with E-state index in [0.29, 0.717) is 11.3 Å². The van der Waals surface area contributed by atoms with Crippen molar-refractivity contribution in [2.24, 2.45) is 0 Å². The van der Waals surface area contributed by atoms with Crippen molar-refractivity contribution >= 4 is 22.5 Å². The summed E-state index contributed by atoms with van der Waals surface area (Å²) in [6.07, 6.45) is 1.37. The number of aryl methyl sites for hydroxylation is 1. The number of aromatic nitrogens is 1. The fourth-order valence-electron chi connectivity index (χ4n) is 2.19. The van der Waals surface area contributed by atoms with Crippen LogP contribution in [0.5, 0.6) is 0 Å². The standard InChI is InChI=1S/C17H12F2N2O/c1-10-2-4-11(5-3-10)17(22)21-15-6-7-20-16-13(15)8-12(18)9-14(16)19/h2-9H,1H3,(H,20,21,22). The minimum Gasteiger partial charge on any atom is -0.321 e. The Morgan fingerprint density at radius 1 is 1.09 bits per heavy atom. The van der Waals surface area contributed by atoms with Crippen molar-refractivity contribution in [2.45, 2.75) is 6.92 Å². The lowest BCUT2D eigenvalue weighted by Gasteiger charge is -2.09. The first-order chi connectivity index (χ1) is 10.5. The molecule has 0 aliphatic carbocycles. The molecule has 0 saturated carbocycles. The lowest BCUT2D eigenvalue weighted by atomic mass is 10.1. The van der Waals surface area contributed by atoms with E-state index in [1.54, 1.807) is 12.1 Å². The molecule has 0 saturated heterocycles. The Labute approximate surface area is 125 Å². The number of hydrogen-bond acceptors (Lipinski definition) is 2. The number of carbonyl (C=O) groups is 1. The van der Waals surface area contributed by atoms with E-state index in [1.807, 2.05) is 19.1 Å². The number of nitrogens with zero attached hydrogens (tertiary/aromatic N) is 1. The number of amides is 1. The van der Waals surface area contributed by atoms with Crippen LogP contribution in [0.15, 0.2) is 48.7 Å². The average molecular weight is 298 g/mol. The third-order valence-electron chi connectivity index (χ3n) is 3.33. The molecule has 0 bridgehead atoms. The van der Waals surface area contributed by atoms with E-state index in [9.17, 15) is 13.6 Å². The number of hydrogen-bond donors (Lipinski definition) is 1. The minimum absolute atomic E-state index is 0.0168. The van der Waals surface area contributed by atoms with E-state index >= 15 is 0 Å². The molecular formula is C17H12F2N2O. The van der Waals surface area contributed by atoms with Crippen LogP contribution in [0.4, 0.5) is 14.5 Å². The zero-order chi connectivity index (χ0) is 15.7. The molecule has 5 heteroatoms. The van der Waals surface area contributed by atoms with E-state index < -0.39 is 11.6 Å². The number of anilines is 1. The van der Waals surface area contributed by atoms with Gasteiger partial charge in [-0.25, -0.2) is 8.78 Å². The number of pyridine rings is 1. The maximum absolute atomic E-state index is 13.7. The highest BCUT2D eigenvalue weighted by Gasteiger charge is 2.12. The van der Waals surface area contributed by atoms with Crippen LogP contribution >= 0.6 is 0 Å². The van der Waals surface area contributed by atoms with Crippen LogP contribution in [0.2, 0.25) is 0 Å². The number of carbonyl (C=O) groups excluding carboxylic acids is 1. The molecule has 3 nitrogen and oxygen atoms in total. The molecule has 0 aliphatic rings. The molecule has 0 unspecified atom stereocenters. The summed E-state index contributed by atoms with van der Waals surface area (Å²) in [6, 6.07) is 10.4. The van der Waals surface area contributed by atoms with Crippen LogP contribution < -0.4 is 5.32 Å². The third kappa shape index (κ3) is 2.65. The zero-order valence-corrected chi connectivity index (χ0v) is 11.7. The fraction of sp³-hybridized carbons (Fsp3) is 0.0588. The van der Waals surface area contributed by atoms with E-state index in [-0.39, 0.29) is 16.8 Å². The summed E-state index contributed by atoms with van der Waals surface area (Å²) in [4.78, 5) is 16.1. The second-order valence-electron chi connectivity index (χ2n) is 4.96. The first kappa shape index (κ1) is 14.1. The molecule has 1 aromatic heterocycles. The van der Waals surface area contributed by atoms with Gasteiger partial charge in [0.25, 0.3) is 5.91 Å². The van der Waals surface area contributed by atoms with Gasteiger partial charge in [-0.3, -0.25) is 9.78 Å². The van der Waals surface area contributed by atoms with Crippen LogP contribution in [0.25, 0.3) is 10.9 Å². The first-order valence-corrected chi connectivity index (χ1v) is 6.66. The molecule has 0 fully saturated rings. The first-order valence-electron chi connectivity index (χ1n) is 6.66. The molecule has 2 aromatic carbocycles. The van der Waals surface area contributed by atoms with Crippen LogP contribution in [0.1, 0.15) is 15.9 Å². The van der Waals surface area contributed by atoms with Crippen LogP contribution in [0.3, 0.4) is 0 Å². The molecule has 0 atom stereocenters. The monoisotopic (exact) mass is 298 g/mol. The van der Waals surface area contributed by atoms with Crippen molar-refractivity contribution in [3.05, 3.63) is 71.4 Å². The number of rotatable bonds is 2. The van der Waals surface area contributed by atoms with Gasteiger partial charge >= 0.3 is 0 Å². The van der Waals surface area contributed by atoms with Gasteiger partial charge in [0.2, 0.25) is 0 Å². The van der Waals surface area contributed by atoms with Crippen molar-refractivity contribution in [3.8, 4) is 0 Å². The van der Waals surface area contributed by atoms with Gasteiger partial charge in [0.15, 0.2) is 5.82 Å². The van der Waals surface area contributed by atoms with E-state index in [4.69, 9.17) is 0 Å². The molecule has 1 amide bonds. The predicted octanol–water partition coefficient (Wildman–Crippen LogP) is 4.07. The van der Waals surface area contributed by atoms with E-state index in [0.717, 1.165) is 17.7 Å². The summed E-state index contributed by atoms with van der Waals surface area (Å²) in [5.74, 6) is -1.83. The molecule has 0 spiro atoms. The van der Waals surface area contributed by atoms with Crippen LogP contribution in [-0.4, -0.2) is 10.9 Å². The topological polar surface area (TPSA) is 42.0 Å². The van der Waals surface area contributed by atoms with Crippen molar-refractivity contribution in [2.75, 3.05) is 5.32 Å². The Hall–Kier alpha value is -2.82. The number of halogens is 2. The van der Waals surface area contributed by atoms with Gasteiger partial charge in [-0.15, -0.1) is 0 Å². The highest BCUT2D eigenvalue weighted by atomic mass is 19.1. The summed E-state index contributed by atoms with van der Waals surface area (Å²) < 4.78 is 27.1. The molecule has 1 heterocycles. The van der Waals surface area contributed by atoms with Gasteiger partial charge in [0.1, 0.15) is 11.3 Å². The molecular weight excluding hydrogens is 286 g/mol. The fourth-order valence-corrected chi connectivity index (χ4v) is 2.19. The molecule has 1 N–H and O–H groups in total. The molecule has 3 aromatic rings. The average Bonchev–Trinajstić information content (AvgIpc) is 2.48. The normalized spacial score (nSPS) is 10.7. The number of benzene rings is 2. The molecule has 0 radical (unpaired) electrons. The van der Waals surface area contributed by atoms with Crippen LogP contribution in [-0.2, 0) is 0 Å². The molecule has 0 aliphatic heterocycles. The SMILES string of the molecule is Cc1ccc(C(=O)Nc2ccnc3c(F)cc(F)cc23)cc1. The van der Waals surface area contributed by atoms with Gasteiger partial charge in [0, 0.05) is 23.2 Å². The van der Waals surface area contributed by atoms with E-state index in [1.165, 1.54) is 12.3 Å². The Morgan fingerprint density at radius 2 is 1.82 bits per heavy atom. The van der Waals surface area contributed by atoms with Crippen molar-refractivity contribution in [3.63, 3.8) is 0 Å². The van der Waals surface area contributed by atoms with Gasteiger partial charge < -0.3 is 5.32 Å². The second-order valence-corrected chi connectivity index (χ2v) is 4.96. The van der Waals surface area contributed by atoms with Crippen molar-refractivity contribution in [1.29, 1.82) is 0 Å². The van der Waals surface area contributed by atoms with Gasteiger partial charge in [-0.05, 0) is 31.2 Å². The van der Waals surface area contributed by atoms with Crippen molar-refractivity contribution in [1.82, 2.24) is 4.98 Å². The maximum Gasteiger partial charge on any atom is 0.255 e. The van der Waals surface area contributed by atoms with Crippen molar-refractivity contribution < 1.29 is 13.6 Å². The highest BCUT2D eigenvalue weighted by molar-refractivity contribution is 6.08. The Bertz CT molecular complexity index is 860. The smallest absolute Gasteiger partial charge is 0.255 e. The minimum atomic E-state index is -0.763. The quantitative estimate of drug-likeness (QED) is 0.774. The largest absolute Gasteiger partial charge is 0.321 e. The Morgan fingerprint density at radius 3 is 2.55 bits per heavy atom. The summed E-state index contributed by atoms with van der Waals surface area (Å²) in [7, 11) is 0. The Balaban J connectivity index is 2.00. The summed E-state index contributed by atoms with van der Waals surface area (Å²) in [5.41, 5.74) is 1.83. The van der Waals surface area contributed by atoms with E-state index in [2.05, 4.69) is 10.3 Å². The highest BCUT2D eigenvalue weighted by Crippen LogP contribution is 2.25. The summed E-state index contributed by atoms with van der Waals surface area (Å²) >= 11 is 0. The second kappa shape index (κ2) is 5.52. The lowest BCUT2D eigenvalue weighted by Crippen LogP contribution is -2.12. The zero-order valence-electron chi connectivity index (χ0n) is 11.7. The third-order valence-corrected chi connectivity index (χ3v) is 3.33. The molecule has 3 rings (SSSR count). The molecule has 110 valence electrons. The number of nitrogens with one attached hydrogen (secondary N) is 1. The van der Waals surface area contributed by atoms with Gasteiger partial charge in [0.05, 0.1) is 5.69 Å². The van der Waals surface area contributed by atoms with Crippen LogP contribution in [0, 0.1) is 18.6 Å². The van der Waals surface area contributed by atoms with Gasteiger partial charge in [-0.2, -0.15) is 0 Å². The number of fused-ring (bicyclic) bond motifs is 1. The molecule has 22 heavy (non-hydrogen) atoms. The Kier molecular flexibility index (Phi) is 3.55. The summed E-state index contributed by atoms with van der Waals surface area (Å²) in [6.45, 7) is 1.92. The maximum atomic E-state index is 13.7. The van der Waals surface area contributed by atoms with Gasteiger partial charge in [-0.1, -0.05) is 17.7 Å². The lowest BCUT2D eigenvalue weighted by molar-refractivity contribution is 0.102. The summed E-state index contributed by atoms with van der Waals surface area (Å²) in [5, 5.41) is 2.89.